The van der Waals surface area contributed by atoms with E-state index in [1.807, 2.05) is 19.2 Å². The van der Waals surface area contributed by atoms with Crippen molar-refractivity contribution in [2.24, 2.45) is 17.3 Å². The molecule has 0 aliphatic rings. The number of para-hydroxylation sites is 1. The van der Waals surface area contributed by atoms with Crippen LogP contribution in [-0.4, -0.2) is 23.9 Å². The predicted molar refractivity (Wildman–Crippen MR) is 104 cm³/mol. The summed E-state index contributed by atoms with van der Waals surface area (Å²) < 4.78 is 3.29. The van der Waals surface area contributed by atoms with Gasteiger partial charge in [-0.2, -0.15) is 5.10 Å². The van der Waals surface area contributed by atoms with Gasteiger partial charge in [0.05, 0.1) is 16.4 Å². The predicted octanol–water partition coefficient (Wildman–Crippen LogP) is 4.02. The molecule has 0 N–H and O–H groups in total. The van der Waals surface area contributed by atoms with Gasteiger partial charge in [0.1, 0.15) is 0 Å². The summed E-state index contributed by atoms with van der Waals surface area (Å²) in [5.41, 5.74) is 3.48. The lowest BCUT2D eigenvalue weighted by molar-refractivity contribution is 0.866. The molecule has 3 aromatic rings. The van der Waals surface area contributed by atoms with Crippen molar-refractivity contribution in [3.63, 3.8) is 0 Å². The Labute approximate surface area is 146 Å². The number of nitrogens with zero attached hydrogens (tertiary/aromatic N) is 4. The molecular weight excluding hydrogens is 316 g/mol. The third-order valence-corrected chi connectivity index (χ3v) is 5.19. The smallest absolute Gasteiger partial charge is 0.211 e. The van der Waals surface area contributed by atoms with Crippen molar-refractivity contribution >= 4 is 33.5 Å². The molecule has 124 valence electrons. The van der Waals surface area contributed by atoms with Gasteiger partial charge in [-0.1, -0.05) is 35.6 Å². The molecule has 0 radical (unpaired) electrons. The molecule has 0 aliphatic carbocycles. The highest BCUT2D eigenvalue weighted by Gasteiger charge is 2.01. The second-order valence-electron chi connectivity index (χ2n) is 5.52. The fourth-order valence-corrected chi connectivity index (χ4v) is 3.66. The van der Waals surface area contributed by atoms with Crippen molar-refractivity contribution in [2.45, 2.75) is 13.8 Å². The van der Waals surface area contributed by atoms with E-state index >= 15 is 0 Å². The van der Waals surface area contributed by atoms with E-state index < -0.39 is 0 Å². The minimum Gasteiger partial charge on any atom is -0.372 e. The largest absolute Gasteiger partial charge is 0.372 e. The Hall–Kier alpha value is -2.40. The maximum atomic E-state index is 4.37. The molecule has 0 amide bonds. The van der Waals surface area contributed by atoms with E-state index in [0.717, 1.165) is 23.5 Å². The summed E-state index contributed by atoms with van der Waals surface area (Å²) in [5.74, 6) is 0. The van der Waals surface area contributed by atoms with Gasteiger partial charge < -0.3 is 9.47 Å². The van der Waals surface area contributed by atoms with Crippen molar-refractivity contribution in [1.82, 2.24) is 4.57 Å². The number of aryl methyl sites for hydroxylation is 1. The lowest BCUT2D eigenvalue weighted by Gasteiger charge is -2.20. The number of rotatable bonds is 5. The maximum absolute atomic E-state index is 4.37. The van der Waals surface area contributed by atoms with Crippen LogP contribution in [0.25, 0.3) is 10.2 Å². The number of fused-ring (bicyclic) bond motifs is 1. The molecule has 0 bridgehead atoms. The first-order chi connectivity index (χ1) is 11.7. The zero-order chi connectivity index (χ0) is 16.9. The van der Waals surface area contributed by atoms with E-state index in [-0.39, 0.29) is 0 Å². The molecule has 1 aromatic heterocycles. The van der Waals surface area contributed by atoms with Crippen LogP contribution in [0.1, 0.15) is 19.4 Å². The summed E-state index contributed by atoms with van der Waals surface area (Å²) in [7, 11) is 2.02. The van der Waals surface area contributed by atoms with Crippen LogP contribution in [0.2, 0.25) is 0 Å². The van der Waals surface area contributed by atoms with Crippen LogP contribution in [0, 0.1) is 0 Å². The average molecular weight is 338 g/mol. The topological polar surface area (TPSA) is 32.9 Å². The number of thiazole rings is 1. The molecule has 0 saturated carbocycles. The molecular formula is C19H22N4S. The molecule has 4 nitrogen and oxygen atoms in total. The number of hydrogen-bond acceptors (Lipinski definition) is 4. The van der Waals surface area contributed by atoms with Gasteiger partial charge in [0.15, 0.2) is 0 Å². The van der Waals surface area contributed by atoms with Crippen LogP contribution in [0.15, 0.2) is 58.7 Å². The Morgan fingerprint density at radius 2 is 1.75 bits per heavy atom. The molecule has 24 heavy (non-hydrogen) atoms. The second-order valence-corrected chi connectivity index (χ2v) is 6.53. The summed E-state index contributed by atoms with van der Waals surface area (Å²) in [4.78, 5) is 3.22. The zero-order valence-electron chi connectivity index (χ0n) is 14.3. The van der Waals surface area contributed by atoms with Gasteiger partial charge in [-0.25, -0.2) is 0 Å². The van der Waals surface area contributed by atoms with Crippen LogP contribution in [-0.2, 0) is 7.05 Å². The maximum Gasteiger partial charge on any atom is 0.211 e. The monoisotopic (exact) mass is 338 g/mol. The minimum atomic E-state index is 0.896. The molecule has 3 rings (SSSR count). The van der Waals surface area contributed by atoms with Crippen LogP contribution in [0.3, 0.4) is 0 Å². The molecule has 0 unspecified atom stereocenters. The molecule has 0 spiro atoms. The van der Waals surface area contributed by atoms with E-state index in [2.05, 4.69) is 69.9 Å². The third kappa shape index (κ3) is 3.41. The number of aromatic nitrogens is 1. The zero-order valence-corrected chi connectivity index (χ0v) is 15.1. The van der Waals surface area contributed by atoms with Crippen LogP contribution >= 0.6 is 11.3 Å². The molecule has 0 atom stereocenters. The lowest BCUT2D eigenvalue weighted by atomic mass is 10.2. The number of benzene rings is 2. The van der Waals surface area contributed by atoms with Gasteiger partial charge in [-0.05, 0) is 43.7 Å². The van der Waals surface area contributed by atoms with Crippen molar-refractivity contribution in [3.8, 4) is 0 Å². The Morgan fingerprint density at radius 1 is 1.04 bits per heavy atom. The van der Waals surface area contributed by atoms with Crippen molar-refractivity contribution in [2.75, 3.05) is 18.0 Å². The molecule has 5 heteroatoms. The van der Waals surface area contributed by atoms with Crippen LogP contribution < -0.4 is 9.70 Å². The van der Waals surface area contributed by atoms with E-state index in [4.69, 9.17) is 0 Å². The quantitative estimate of drug-likeness (QED) is 0.511. The first-order valence-electron chi connectivity index (χ1n) is 8.19. The van der Waals surface area contributed by atoms with Crippen LogP contribution in [0.5, 0.6) is 0 Å². The van der Waals surface area contributed by atoms with Gasteiger partial charge in [0.2, 0.25) is 4.80 Å². The lowest BCUT2D eigenvalue weighted by Crippen LogP contribution is -2.21. The molecule has 0 aliphatic heterocycles. The van der Waals surface area contributed by atoms with Gasteiger partial charge in [-0.15, -0.1) is 5.10 Å². The minimum absolute atomic E-state index is 0.896. The van der Waals surface area contributed by atoms with Crippen molar-refractivity contribution in [3.05, 3.63) is 58.9 Å². The number of anilines is 1. The first-order valence-corrected chi connectivity index (χ1v) is 9.01. The fourth-order valence-electron chi connectivity index (χ4n) is 2.68. The Balaban J connectivity index is 1.81. The standard InChI is InChI=1S/C19H22N4S/c1-4-23(5-2)16-12-10-15(11-13-16)14-20-21-19-22(3)17-8-6-7-9-18(17)24-19/h6-14H,4-5H2,1-3H3/b20-14+,21-19+. The highest BCUT2D eigenvalue weighted by molar-refractivity contribution is 7.16. The van der Waals surface area contributed by atoms with Gasteiger partial charge in [0.25, 0.3) is 0 Å². The van der Waals surface area contributed by atoms with Gasteiger partial charge in [-0.3, -0.25) is 0 Å². The molecule has 2 aromatic carbocycles. The van der Waals surface area contributed by atoms with E-state index in [1.165, 1.54) is 15.9 Å². The third-order valence-electron chi connectivity index (χ3n) is 4.09. The molecule has 1 heterocycles. The molecule has 0 saturated heterocycles. The summed E-state index contributed by atoms with van der Waals surface area (Å²) in [6, 6.07) is 16.7. The summed E-state index contributed by atoms with van der Waals surface area (Å²) in [6.45, 7) is 6.37. The van der Waals surface area contributed by atoms with Gasteiger partial charge in [0, 0.05) is 25.8 Å². The Bertz CT molecular complexity index is 899. The van der Waals surface area contributed by atoms with Crippen molar-refractivity contribution in [1.29, 1.82) is 0 Å². The van der Waals surface area contributed by atoms with E-state index in [1.54, 1.807) is 17.6 Å². The van der Waals surface area contributed by atoms with E-state index in [0.29, 0.717) is 0 Å². The Morgan fingerprint density at radius 3 is 2.42 bits per heavy atom. The summed E-state index contributed by atoms with van der Waals surface area (Å²) in [6.07, 6.45) is 1.80. The SMILES string of the molecule is CCN(CC)c1ccc(/C=N/N=c2/sc3ccccc3n2C)cc1. The Kier molecular flexibility index (Phi) is 5.11. The van der Waals surface area contributed by atoms with Crippen molar-refractivity contribution < 1.29 is 0 Å². The fraction of sp³-hybridized carbons (Fsp3) is 0.263. The van der Waals surface area contributed by atoms with Crippen LogP contribution in [0.4, 0.5) is 5.69 Å². The average Bonchev–Trinajstić information content (AvgIpc) is 2.94. The normalized spacial score (nSPS) is 12.4. The first kappa shape index (κ1) is 16.5. The summed E-state index contributed by atoms with van der Waals surface area (Å²) >= 11 is 1.65. The van der Waals surface area contributed by atoms with Gasteiger partial charge >= 0.3 is 0 Å². The highest BCUT2D eigenvalue weighted by Crippen LogP contribution is 2.15. The van der Waals surface area contributed by atoms with E-state index in [9.17, 15) is 0 Å². The summed E-state index contributed by atoms with van der Waals surface area (Å²) in [5, 5.41) is 8.63. The second kappa shape index (κ2) is 7.45. The highest BCUT2D eigenvalue weighted by atomic mass is 32.1. The molecule has 0 fully saturated rings. The number of hydrogen-bond donors (Lipinski definition) is 0.